The molecule has 0 spiro atoms. The van der Waals surface area contributed by atoms with Crippen LogP contribution in [-0.4, -0.2) is 19.6 Å². The Morgan fingerprint density at radius 2 is 2.14 bits per heavy atom. The molecule has 112 valence electrons. The predicted molar refractivity (Wildman–Crippen MR) is 90.6 cm³/mol. The van der Waals surface area contributed by atoms with Crippen LogP contribution in [0.15, 0.2) is 34.8 Å². The third-order valence-electron chi connectivity index (χ3n) is 2.82. The molecule has 0 aliphatic carbocycles. The molecule has 0 saturated carbocycles. The quantitative estimate of drug-likeness (QED) is 0.761. The van der Waals surface area contributed by atoms with Gasteiger partial charge in [-0.15, -0.1) is 11.3 Å². The third-order valence-corrected chi connectivity index (χ3v) is 4.96. The molecule has 1 aromatic carbocycles. The van der Waals surface area contributed by atoms with Crippen molar-refractivity contribution in [3.05, 3.63) is 54.6 Å². The Balaban J connectivity index is 2.04. The Hall–Kier alpha value is -0.590. The smallest absolute Gasteiger partial charge is 0.252 e. The molecule has 3 nitrogen and oxygen atoms in total. The summed E-state index contributed by atoms with van der Waals surface area (Å²) < 4.78 is 6.87. The van der Waals surface area contributed by atoms with Crippen LogP contribution in [0.5, 0.6) is 0 Å². The van der Waals surface area contributed by atoms with Crippen molar-refractivity contribution in [2.24, 2.45) is 0 Å². The topological polar surface area (TPSA) is 38.3 Å². The first kappa shape index (κ1) is 16.8. The second-order valence-corrected chi connectivity index (χ2v) is 7.27. The van der Waals surface area contributed by atoms with Gasteiger partial charge in [-0.3, -0.25) is 4.79 Å². The predicted octanol–water partition coefficient (Wildman–Crippen LogP) is 4.93. The summed E-state index contributed by atoms with van der Waals surface area (Å²) in [6, 6.07) is 8.83. The van der Waals surface area contributed by atoms with E-state index in [1.165, 1.54) is 11.3 Å². The fourth-order valence-electron chi connectivity index (χ4n) is 1.75. The molecule has 1 N–H and O–H groups in total. The van der Waals surface area contributed by atoms with Crippen molar-refractivity contribution in [2.45, 2.75) is 6.10 Å². The van der Waals surface area contributed by atoms with E-state index in [-0.39, 0.29) is 12.0 Å². The molecule has 0 aliphatic rings. The zero-order valence-electron chi connectivity index (χ0n) is 11.0. The van der Waals surface area contributed by atoms with Crippen LogP contribution in [0.1, 0.15) is 21.3 Å². The van der Waals surface area contributed by atoms with E-state index in [9.17, 15) is 4.79 Å². The van der Waals surface area contributed by atoms with Crippen molar-refractivity contribution in [1.29, 1.82) is 0 Å². The number of thiophene rings is 1. The van der Waals surface area contributed by atoms with Crippen LogP contribution in [0, 0.1) is 0 Å². The maximum Gasteiger partial charge on any atom is 0.252 e. The first-order valence-corrected chi connectivity index (χ1v) is 8.39. The van der Waals surface area contributed by atoms with Gasteiger partial charge in [-0.2, -0.15) is 0 Å². The van der Waals surface area contributed by atoms with E-state index in [0.717, 1.165) is 9.35 Å². The standard InChI is InChI=1S/C14H12BrCl2NO2S/c1-20-11(12-4-5-13(17)21-12)7-18-14(19)9-6-8(15)2-3-10(9)16/h2-6,11H,7H2,1H3,(H,18,19). The molecular weight excluding hydrogens is 397 g/mol. The van der Waals surface area contributed by atoms with Gasteiger partial charge in [0.15, 0.2) is 0 Å². The second-order valence-electron chi connectivity index (χ2n) is 4.20. The molecule has 0 aliphatic heterocycles. The minimum absolute atomic E-state index is 0.239. The van der Waals surface area contributed by atoms with Gasteiger partial charge in [0.25, 0.3) is 5.91 Å². The number of methoxy groups -OCH3 is 1. The van der Waals surface area contributed by atoms with Crippen LogP contribution in [0.3, 0.4) is 0 Å². The summed E-state index contributed by atoms with van der Waals surface area (Å²) in [5.74, 6) is -0.244. The lowest BCUT2D eigenvalue weighted by atomic mass is 10.2. The Bertz CT molecular complexity index is 648. The SMILES string of the molecule is COC(CNC(=O)c1cc(Br)ccc1Cl)c1ccc(Cl)s1. The van der Waals surface area contributed by atoms with Crippen molar-refractivity contribution in [2.75, 3.05) is 13.7 Å². The van der Waals surface area contributed by atoms with Gasteiger partial charge in [-0.1, -0.05) is 39.1 Å². The summed E-state index contributed by atoms with van der Waals surface area (Å²) in [6.45, 7) is 0.342. The number of ether oxygens (including phenoxy) is 1. The van der Waals surface area contributed by atoms with Gasteiger partial charge >= 0.3 is 0 Å². The minimum atomic E-state index is -0.244. The molecule has 1 atom stereocenters. The normalized spacial score (nSPS) is 12.2. The van der Waals surface area contributed by atoms with Crippen LogP contribution in [0.4, 0.5) is 0 Å². The molecule has 2 rings (SSSR count). The van der Waals surface area contributed by atoms with E-state index in [1.54, 1.807) is 31.4 Å². The number of halogens is 3. The lowest BCUT2D eigenvalue weighted by Gasteiger charge is -2.15. The van der Waals surface area contributed by atoms with Crippen molar-refractivity contribution < 1.29 is 9.53 Å². The second kappa shape index (κ2) is 7.61. The summed E-state index contributed by atoms with van der Waals surface area (Å²) in [5, 5.41) is 3.23. The lowest BCUT2D eigenvalue weighted by molar-refractivity contribution is 0.0837. The molecular formula is C14H12BrCl2NO2S. The molecule has 1 heterocycles. The number of nitrogens with one attached hydrogen (secondary N) is 1. The molecule has 0 radical (unpaired) electrons. The summed E-state index contributed by atoms with van der Waals surface area (Å²) in [4.78, 5) is 13.1. The lowest BCUT2D eigenvalue weighted by Crippen LogP contribution is -2.29. The summed E-state index contributed by atoms with van der Waals surface area (Å²) in [5.41, 5.74) is 0.421. The number of carbonyl (C=O) groups excluding carboxylic acids is 1. The molecule has 0 saturated heterocycles. The Labute approximate surface area is 145 Å². The van der Waals surface area contributed by atoms with Crippen LogP contribution >= 0.6 is 50.5 Å². The van der Waals surface area contributed by atoms with Crippen molar-refractivity contribution in [3.8, 4) is 0 Å². The van der Waals surface area contributed by atoms with Crippen molar-refractivity contribution in [1.82, 2.24) is 5.32 Å². The minimum Gasteiger partial charge on any atom is -0.374 e. The zero-order valence-corrected chi connectivity index (χ0v) is 14.9. The molecule has 7 heteroatoms. The molecule has 1 amide bonds. The van der Waals surface area contributed by atoms with Crippen LogP contribution < -0.4 is 5.32 Å². The first-order valence-electron chi connectivity index (χ1n) is 6.02. The highest BCUT2D eigenvalue weighted by atomic mass is 79.9. The van der Waals surface area contributed by atoms with Gasteiger partial charge in [0.2, 0.25) is 0 Å². The largest absolute Gasteiger partial charge is 0.374 e. The van der Waals surface area contributed by atoms with Crippen molar-refractivity contribution in [3.63, 3.8) is 0 Å². The number of hydrogen-bond donors (Lipinski definition) is 1. The molecule has 1 unspecified atom stereocenters. The Kier molecular flexibility index (Phi) is 6.08. The summed E-state index contributed by atoms with van der Waals surface area (Å²) in [6.07, 6.45) is -0.239. The van der Waals surface area contributed by atoms with Gasteiger partial charge in [0.05, 0.1) is 14.9 Å². The number of carbonyl (C=O) groups is 1. The average Bonchev–Trinajstić information content (AvgIpc) is 2.88. The number of hydrogen-bond acceptors (Lipinski definition) is 3. The average molecular weight is 409 g/mol. The van der Waals surface area contributed by atoms with E-state index in [0.29, 0.717) is 21.5 Å². The van der Waals surface area contributed by atoms with Crippen LogP contribution in [0.25, 0.3) is 0 Å². The van der Waals surface area contributed by atoms with E-state index < -0.39 is 0 Å². The van der Waals surface area contributed by atoms with Crippen molar-refractivity contribution >= 4 is 56.4 Å². The van der Waals surface area contributed by atoms with E-state index in [2.05, 4.69) is 21.2 Å². The van der Waals surface area contributed by atoms with E-state index in [1.807, 2.05) is 6.07 Å². The van der Waals surface area contributed by atoms with Crippen LogP contribution in [-0.2, 0) is 4.74 Å². The maximum atomic E-state index is 12.2. The summed E-state index contributed by atoms with van der Waals surface area (Å²) in [7, 11) is 1.59. The van der Waals surface area contributed by atoms with Gasteiger partial charge in [-0.05, 0) is 30.3 Å². The molecule has 0 bridgehead atoms. The monoisotopic (exact) mass is 407 g/mol. The first-order chi connectivity index (χ1) is 10.0. The molecule has 1 aromatic heterocycles. The maximum absolute atomic E-state index is 12.2. The molecule has 21 heavy (non-hydrogen) atoms. The highest BCUT2D eigenvalue weighted by Gasteiger charge is 2.16. The summed E-state index contributed by atoms with van der Waals surface area (Å²) >= 11 is 16.7. The number of amides is 1. The molecule has 0 fully saturated rings. The molecule has 2 aromatic rings. The van der Waals surface area contributed by atoms with Gasteiger partial charge in [-0.25, -0.2) is 0 Å². The highest BCUT2D eigenvalue weighted by molar-refractivity contribution is 9.10. The third kappa shape index (κ3) is 4.44. The number of benzene rings is 1. The van der Waals surface area contributed by atoms with Gasteiger partial charge < -0.3 is 10.1 Å². The van der Waals surface area contributed by atoms with Gasteiger partial charge in [0.1, 0.15) is 6.10 Å². The fraction of sp³-hybridized carbons (Fsp3) is 0.214. The van der Waals surface area contributed by atoms with Gasteiger partial charge in [0, 0.05) is 23.0 Å². The fourth-order valence-corrected chi connectivity index (χ4v) is 3.46. The Morgan fingerprint density at radius 1 is 1.38 bits per heavy atom. The highest BCUT2D eigenvalue weighted by Crippen LogP contribution is 2.28. The van der Waals surface area contributed by atoms with E-state index in [4.69, 9.17) is 27.9 Å². The van der Waals surface area contributed by atoms with Crippen LogP contribution in [0.2, 0.25) is 9.36 Å². The Morgan fingerprint density at radius 3 is 2.76 bits per heavy atom. The zero-order chi connectivity index (χ0) is 15.4. The number of rotatable bonds is 5. The van der Waals surface area contributed by atoms with E-state index >= 15 is 0 Å².